The summed E-state index contributed by atoms with van der Waals surface area (Å²) < 4.78 is 4.91. The Kier molecular flexibility index (Phi) is 6.66. The number of aromatic nitrogens is 2. The van der Waals surface area contributed by atoms with Gasteiger partial charge in [0.15, 0.2) is 0 Å². The van der Waals surface area contributed by atoms with Gasteiger partial charge < -0.3 is 9.13 Å². The van der Waals surface area contributed by atoms with E-state index in [1.54, 1.807) is 0 Å². The molecule has 12 aromatic rings. The maximum atomic E-state index is 2.50. The van der Waals surface area contributed by atoms with Crippen LogP contribution in [-0.4, -0.2) is 9.13 Å². The second-order valence-corrected chi connectivity index (χ2v) is 14.8. The van der Waals surface area contributed by atoms with E-state index in [1.165, 1.54) is 110 Å². The monoisotopic (exact) mass is 710 g/mol. The third kappa shape index (κ3) is 4.33. The molecule has 0 amide bonds. The molecule has 0 spiro atoms. The van der Waals surface area contributed by atoms with Crippen LogP contribution in [0.25, 0.3) is 110 Å². The largest absolute Gasteiger partial charge is 0.309 e. The lowest BCUT2D eigenvalue weighted by molar-refractivity contribution is 1.18. The summed E-state index contributed by atoms with van der Waals surface area (Å²) in [4.78, 5) is 0. The van der Waals surface area contributed by atoms with Crippen molar-refractivity contribution in [3.05, 3.63) is 206 Å². The zero-order valence-corrected chi connectivity index (χ0v) is 30.5. The van der Waals surface area contributed by atoms with Crippen molar-refractivity contribution in [3.8, 4) is 33.6 Å². The summed E-state index contributed by atoms with van der Waals surface area (Å²) in [7, 11) is 0. The van der Waals surface area contributed by atoms with Gasteiger partial charge in [0.05, 0.1) is 27.8 Å². The molecule has 0 aliphatic rings. The van der Waals surface area contributed by atoms with Gasteiger partial charge in [0, 0.05) is 32.6 Å². The molecule has 10 aromatic carbocycles. The normalized spacial score (nSPS) is 11.9. The fourth-order valence-electron chi connectivity index (χ4n) is 9.66. The zero-order valence-electron chi connectivity index (χ0n) is 30.5. The smallest absolute Gasteiger partial charge is 0.0549 e. The number of nitrogens with zero attached hydrogens (tertiary/aromatic N) is 2. The summed E-state index contributed by atoms with van der Waals surface area (Å²) in [6, 6.07) is 75.6. The molecule has 0 bridgehead atoms. The Balaban J connectivity index is 1.17. The topological polar surface area (TPSA) is 9.86 Å². The number of para-hydroxylation sites is 3. The molecule has 56 heavy (non-hydrogen) atoms. The van der Waals surface area contributed by atoms with Crippen LogP contribution < -0.4 is 0 Å². The van der Waals surface area contributed by atoms with E-state index in [-0.39, 0.29) is 0 Å². The summed E-state index contributed by atoms with van der Waals surface area (Å²) in [6.45, 7) is 0. The molecule has 2 heteroatoms. The molecule has 2 nitrogen and oxygen atoms in total. The van der Waals surface area contributed by atoms with Gasteiger partial charge in [0.1, 0.15) is 0 Å². The third-order valence-electron chi connectivity index (χ3n) is 11.9. The van der Waals surface area contributed by atoms with Crippen LogP contribution in [0.15, 0.2) is 206 Å². The van der Waals surface area contributed by atoms with E-state index in [0.717, 1.165) is 0 Å². The van der Waals surface area contributed by atoms with Gasteiger partial charge in [-0.2, -0.15) is 0 Å². The number of hydrogen-bond acceptors (Lipinski definition) is 0. The average molecular weight is 711 g/mol. The predicted molar refractivity (Wildman–Crippen MR) is 239 cm³/mol. The predicted octanol–water partition coefficient (Wildman–Crippen LogP) is 14.7. The molecule has 12 rings (SSSR count). The van der Waals surface area contributed by atoms with Crippen molar-refractivity contribution in [1.29, 1.82) is 0 Å². The van der Waals surface area contributed by atoms with Gasteiger partial charge in [-0.15, -0.1) is 0 Å². The first-order valence-electron chi connectivity index (χ1n) is 19.4. The van der Waals surface area contributed by atoms with E-state index in [0.29, 0.717) is 0 Å². The summed E-state index contributed by atoms with van der Waals surface area (Å²) in [5.74, 6) is 0. The van der Waals surface area contributed by atoms with Crippen molar-refractivity contribution < 1.29 is 0 Å². The van der Waals surface area contributed by atoms with E-state index >= 15 is 0 Å². The Bertz CT molecular complexity index is 3460. The van der Waals surface area contributed by atoms with Crippen molar-refractivity contribution in [1.82, 2.24) is 9.13 Å². The average Bonchev–Trinajstić information content (AvgIpc) is 3.79. The SMILES string of the molecule is c1ccc(-c2c3ccccc3c(-c3ccc(-n4c5ccccc5c5c6c7ccccc7n(-c7ccccc7)c6ccc54)c4ccccc34)c3ccccc23)cc1. The van der Waals surface area contributed by atoms with Gasteiger partial charge in [-0.05, 0) is 91.6 Å². The molecular weight excluding hydrogens is 677 g/mol. The van der Waals surface area contributed by atoms with Gasteiger partial charge in [0.25, 0.3) is 0 Å². The first-order valence-corrected chi connectivity index (χ1v) is 19.4. The minimum Gasteiger partial charge on any atom is -0.309 e. The van der Waals surface area contributed by atoms with Crippen LogP contribution in [0.4, 0.5) is 0 Å². The lowest BCUT2D eigenvalue weighted by Crippen LogP contribution is -1.97. The first kappa shape index (κ1) is 31.0. The van der Waals surface area contributed by atoms with Crippen molar-refractivity contribution >= 4 is 75.9 Å². The molecule has 0 saturated heterocycles. The summed E-state index contributed by atoms with van der Waals surface area (Å²) in [5, 5.41) is 12.6. The lowest BCUT2D eigenvalue weighted by atomic mass is 9.84. The number of rotatable bonds is 4. The van der Waals surface area contributed by atoms with Crippen LogP contribution in [0.1, 0.15) is 0 Å². The summed E-state index contributed by atoms with van der Waals surface area (Å²) in [6.07, 6.45) is 0. The van der Waals surface area contributed by atoms with Crippen LogP contribution in [0, 0.1) is 0 Å². The Morgan fingerprint density at radius 1 is 0.250 bits per heavy atom. The highest BCUT2D eigenvalue weighted by atomic mass is 15.0. The molecule has 0 unspecified atom stereocenters. The molecule has 0 fully saturated rings. The standard InChI is InChI=1S/C54H34N2/c1-3-17-35(18-4-1)51-39-23-9-11-25-41(39)52(42-26-12-10-24-40(42)51)43-31-32-48(38-22-8-7-21-37(38)43)56-47-30-16-14-28-45(47)54-50(56)34-33-49-53(54)44-27-13-15-29-46(44)55(49)36-19-5-2-6-20-36/h1-34H. The second-order valence-electron chi connectivity index (χ2n) is 14.8. The highest BCUT2D eigenvalue weighted by Crippen LogP contribution is 2.47. The van der Waals surface area contributed by atoms with E-state index < -0.39 is 0 Å². The molecule has 0 aliphatic heterocycles. The summed E-state index contributed by atoms with van der Waals surface area (Å²) in [5.41, 5.74) is 12.2. The number of hydrogen-bond donors (Lipinski definition) is 0. The Morgan fingerprint density at radius 3 is 1.27 bits per heavy atom. The molecule has 0 aliphatic carbocycles. The molecule has 0 N–H and O–H groups in total. The molecule has 2 heterocycles. The zero-order chi connectivity index (χ0) is 36.7. The molecule has 2 aromatic heterocycles. The maximum Gasteiger partial charge on any atom is 0.0549 e. The van der Waals surface area contributed by atoms with Crippen molar-refractivity contribution in [3.63, 3.8) is 0 Å². The van der Waals surface area contributed by atoms with Crippen LogP contribution in [0.5, 0.6) is 0 Å². The second kappa shape index (κ2) is 12.0. The van der Waals surface area contributed by atoms with Crippen molar-refractivity contribution in [2.75, 3.05) is 0 Å². The Labute approximate surface area is 323 Å². The number of fused-ring (bicyclic) bond motifs is 10. The number of benzene rings is 10. The van der Waals surface area contributed by atoms with Gasteiger partial charge in [0.2, 0.25) is 0 Å². The van der Waals surface area contributed by atoms with Crippen LogP contribution in [-0.2, 0) is 0 Å². The minimum atomic E-state index is 1.17. The fourth-order valence-corrected chi connectivity index (χ4v) is 9.66. The highest BCUT2D eigenvalue weighted by Gasteiger charge is 2.23. The molecular formula is C54H34N2. The lowest BCUT2D eigenvalue weighted by Gasteiger charge is -2.20. The Hall–Kier alpha value is -7.42. The molecule has 0 radical (unpaired) electrons. The molecule has 260 valence electrons. The van der Waals surface area contributed by atoms with Gasteiger partial charge in [-0.3, -0.25) is 0 Å². The Morgan fingerprint density at radius 2 is 0.679 bits per heavy atom. The van der Waals surface area contributed by atoms with E-state index in [1.807, 2.05) is 0 Å². The molecule has 0 atom stereocenters. The van der Waals surface area contributed by atoms with Crippen LogP contribution in [0.2, 0.25) is 0 Å². The van der Waals surface area contributed by atoms with E-state index in [2.05, 4.69) is 215 Å². The van der Waals surface area contributed by atoms with E-state index in [4.69, 9.17) is 0 Å². The highest BCUT2D eigenvalue weighted by molar-refractivity contribution is 6.29. The first-order chi connectivity index (χ1) is 27.8. The summed E-state index contributed by atoms with van der Waals surface area (Å²) >= 11 is 0. The van der Waals surface area contributed by atoms with Crippen LogP contribution in [0.3, 0.4) is 0 Å². The minimum absolute atomic E-state index is 1.17. The third-order valence-corrected chi connectivity index (χ3v) is 11.9. The van der Waals surface area contributed by atoms with Gasteiger partial charge in [-0.1, -0.05) is 164 Å². The molecule has 0 saturated carbocycles. The van der Waals surface area contributed by atoms with Gasteiger partial charge >= 0.3 is 0 Å². The van der Waals surface area contributed by atoms with E-state index in [9.17, 15) is 0 Å². The fraction of sp³-hybridized carbons (Fsp3) is 0. The van der Waals surface area contributed by atoms with Crippen molar-refractivity contribution in [2.24, 2.45) is 0 Å². The quantitative estimate of drug-likeness (QED) is 0.161. The maximum absolute atomic E-state index is 2.50. The van der Waals surface area contributed by atoms with Gasteiger partial charge in [-0.25, -0.2) is 0 Å². The van der Waals surface area contributed by atoms with Crippen LogP contribution >= 0.6 is 0 Å². The van der Waals surface area contributed by atoms with Crippen molar-refractivity contribution in [2.45, 2.75) is 0 Å².